The first kappa shape index (κ1) is 12.0. The molecule has 1 N–H and O–H groups in total. The molecule has 0 spiro atoms. The number of aromatic nitrogens is 2. The lowest BCUT2D eigenvalue weighted by Gasteiger charge is -2.06. The van der Waals surface area contributed by atoms with Crippen LogP contribution in [0.4, 0.5) is 0 Å². The van der Waals surface area contributed by atoms with Crippen LogP contribution in [0.2, 0.25) is 0 Å². The van der Waals surface area contributed by atoms with E-state index in [1.54, 1.807) is 23.9 Å². The van der Waals surface area contributed by atoms with Crippen molar-refractivity contribution < 1.29 is 5.11 Å². The molecule has 0 radical (unpaired) electrons. The molecule has 1 aromatic carbocycles. The van der Waals surface area contributed by atoms with Crippen LogP contribution in [0.15, 0.2) is 41.7 Å². The van der Waals surface area contributed by atoms with Gasteiger partial charge < -0.3 is 9.67 Å². The number of hydrogen-bond acceptors (Lipinski definition) is 3. The molecule has 0 aliphatic carbocycles. The highest BCUT2D eigenvalue weighted by molar-refractivity contribution is 7.98. The van der Waals surface area contributed by atoms with Gasteiger partial charge in [-0.3, -0.25) is 0 Å². The molecule has 90 valence electrons. The van der Waals surface area contributed by atoms with Gasteiger partial charge in [-0.1, -0.05) is 6.92 Å². The first-order chi connectivity index (χ1) is 8.29. The summed E-state index contributed by atoms with van der Waals surface area (Å²) in [4.78, 5) is 5.34. The van der Waals surface area contributed by atoms with Crippen molar-refractivity contribution in [2.24, 2.45) is 0 Å². The van der Waals surface area contributed by atoms with Crippen molar-refractivity contribution in [1.29, 1.82) is 0 Å². The standard InChI is InChI=1S/C13H16N2OS/c1-2-7-15-10-14-8-11(15)9-17-13-5-3-12(16)4-6-13/h3-6,8,10,16H,2,7,9H2,1H3. The summed E-state index contributed by atoms with van der Waals surface area (Å²) in [6.07, 6.45) is 4.92. The average molecular weight is 248 g/mol. The van der Waals surface area contributed by atoms with Crippen LogP contribution >= 0.6 is 11.8 Å². The van der Waals surface area contributed by atoms with E-state index in [4.69, 9.17) is 0 Å². The molecule has 2 aromatic rings. The molecule has 3 nitrogen and oxygen atoms in total. The number of phenolic OH excluding ortho intramolecular Hbond substituents is 1. The van der Waals surface area contributed by atoms with E-state index < -0.39 is 0 Å². The zero-order valence-corrected chi connectivity index (χ0v) is 10.7. The molecule has 0 aliphatic rings. The molecule has 0 bridgehead atoms. The van der Waals surface area contributed by atoms with Crippen molar-refractivity contribution in [3.8, 4) is 5.75 Å². The van der Waals surface area contributed by atoms with Gasteiger partial charge >= 0.3 is 0 Å². The number of rotatable bonds is 5. The van der Waals surface area contributed by atoms with Gasteiger partial charge in [-0.25, -0.2) is 4.98 Å². The van der Waals surface area contributed by atoms with E-state index in [9.17, 15) is 5.11 Å². The van der Waals surface area contributed by atoms with Crippen molar-refractivity contribution in [1.82, 2.24) is 9.55 Å². The minimum Gasteiger partial charge on any atom is -0.508 e. The number of aromatic hydroxyl groups is 1. The molecule has 2 rings (SSSR count). The summed E-state index contributed by atoms with van der Waals surface area (Å²) in [7, 11) is 0. The number of thioether (sulfide) groups is 1. The van der Waals surface area contributed by atoms with Crippen LogP contribution in [-0.4, -0.2) is 14.7 Å². The Balaban J connectivity index is 1.97. The zero-order chi connectivity index (χ0) is 12.1. The van der Waals surface area contributed by atoms with Crippen molar-refractivity contribution in [3.05, 3.63) is 42.5 Å². The van der Waals surface area contributed by atoms with Crippen LogP contribution in [0.3, 0.4) is 0 Å². The van der Waals surface area contributed by atoms with Gasteiger partial charge in [0.1, 0.15) is 5.75 Å². The summed E-state index contributed by atoms with van der Waals surface area (Å²) in [5.74, 6) is 1.22. The Hall–Kier alpha value is -1.42. The minimum atomic E-state index is 0.311. The van der Waals surface area contributed by atoms with Crippen molar-refractivity contribution in [2.75, 3.05) is 0 Å². The lowest BCUT2D eigenvalue weighted by atomic mass is 10.3. The third-order valence-electron chi connectivity index (χ3n) is 2.49. The predicted octanol–water partition coefficient (Wildman–Crippen LogP) is 3.29. The van der Waals surface area contributed by atoms with Gasteiger partial charge in [0, 0.05) is 29.1 Å². The molecule has 1 heterocycles. The normalized spacial score (nSPS) is 10.6. The summed E-state index contributed by atoms with van der Waals surface area (Å²) in [6.45, 7) is 3.18. The van der Waals surface area contributed by atoms with E-state index in [0.29, 0.717) is 5.75 Å². The molecule has 0 fully saturated rings. The summed E-state index contributed by atoms with van der Waals surface area (Å²) >= 11 is 1.75. The molecular formula is C13H16N2OS. The Morgan fingerprint density at radius 1 is 1.29 bits per heavy atom. The van der Waals surface area contributed by atoms with Gasteiger partial charge in [0.2, 0.25) is 0 Å². The Labute approximate surface area is 106 Å². The Morgan fingerprint density at radius 3 is 2.76 bits per heavy atom. The summed E-state index contributed by atoms with van der Waals surface area (Å²) < 4.78 is 2.19. The topological polar surface area (TPSA) is 38.0 Å². The molecule has 0 saturated carbocycles. The highest BCUT2D eigenvalue weighted by Gasteiger charge is 2.02. The number of hydrogen-bond donors (Lipinski definition) is 1. The monoisotopic (exact) mass is 248 g/mol. The molecule has 1 aromatic heterocycles. The van der Waals surface area contributed by atoms with E-state index in [1.165, 1.54) is 5.69 Å². The Kier molecular flexibility index (Phi) is 4.09. The van der Waals surface area contributed by atoms with E-state index in [1.807, 2.05) is 24.7 Å². The second kappa shape index (κ2) is 5.77. The number of nitrogens with zero attached hydrogens (tertiary/aromatic N) is 2. The van der Waals surface area contributed by atoms with Crippen LogP contribution in [0.25, 0.3) is 0 Å². The smallest absolute Gasteiger partial charge is 0.115 e. The molecule has 17 heavy (non-hydrogen) atoms. The van der Waals surface area contributed by atoms with Crippen LogP contribution in [-0.2, 0) is 12.3 Å². The van der Waals surface area contributed by atoms with Crippen molar-refractivity contribution in [3.63, 3.8) is 0 Å². The van der Waals surface area contributed by atoms with Crippen LogP contribution in [0.5, 0.6) is 5.75 Å². The molecule has 0 saturated heterocycles. The molecule has 0 aliphatic heterocycles. The molecule has 4 heteroatoms. The van der Waals surface area contributed by atoms with E-state index in [2.05, 4.69) is 16.5 Å². The number of aryl methyl sites for hydroxylation is 1. The maximum absolute atomic E-state index is 9.20. The van der Waals surface area contributed by atoms with Gasteiger partial charge in [0.05, 0.1) is 6.33 Å². The lowest BCUT2D eigenvalue weighted by molar-refractivity contribution is 0.475. The summed E-state index contributed by atoms with van der Waals surface area (Å²) in [6, 6.07) is 7.29. The van der Waals surface area contributed by atoms with Gasteiger partial charge in [-0.05, 0) is 30.7 Å². The zero-order valence-electron chi connectivity index (χ0n) is 9.84. The molecular weight excluding hydrogens is 232 g/mol. The SMILES string of the molecule is CCCn1cncc1CSc1ccc(O)cc1. The maximum Gasteiger partial charge on any atom is 0.115 e. The maximum atomic E-state index is 9.20. The van der Waals surface area contributed by atoms with Gasteiger partial charge in [0.25, 0.3) is 0 Å². The largest absolute Gasteiger partial charge is 0.508 e. The van der Waals surface area contributed by atoms with E-state index in [0.717, 1.165) is 23.6 Å². The second-order valence-electron chi connectivity index (χ2n) is 3.86. The number of benzene rings is 1. The van der Waals surface area contributed by atoms with Crippen LogP contribution in [0, 0.1) is 0 Å². The second-order valence-corrected chi connectivity index (χ2v) is 4.91. The fraction of sp³-hybridized carbons (Fsp3) is 0.308. The average Bonchev–Trinajstić information content (AvgIpc) is 2.77. The van der Waals surface area contributed by atoms with Gasteiger partial charge in [0.15, 0.2) is 0 Å². The van der Waals surface area contributed by atoms with Gasteiger partial charge in [-0.15, -0.1) is 11.8 Å². The first-order valence-corrected chi connectivity index (χ1v) is 6.69. The highest BCUT2D eigenvalue weighted by Crippen LogP contribution is 2.24. The number of phenols is 1. The van der Waals surface area contributed by atoms with Crippen LogP contribution in [0.1, 0.15) is 19.0 Å². The molecule has 0 amide bonds. The first-order valence-electron chi connectivity index (χ1n) is 5.70. The Morgan fingerprint density at radius 2 is 2.06 bits per heavy atom. The van der Waals surface area contributed by atoms with Gasteiger partial charge in [-0.2, -0.15) is 0 Å². The van der Waals surface area contributed by atoms with Crippen LogP contribution < -0.4 is 0 Å². The third-order valence-corrected chi connectivity index (χ3v) is 3.53. The van der Waals surface area contributed by atoms with Crippen molar-refractivity contribution >= 4 is 11.8 Å². The lowest BCUT2D eigenvalue weighted by Crippen LogP contribution is -1.99. The Bertz CT molecular complexity index is 465. The molecule has 0 unspecified atom stereocenters. The third kappa shape index (κ3) is 3.27. The highest BCUT2D eigenvalue weighted by atomic mass is 32.2. The quantitative estimate of drug-likeness (QED) is 0.825. The number of imidazole rings is 1. The minimum absolute atomic E-state index is 0.311. The summed E-state index contributed by atoms with van der Waals surface area (Å²) in [5, 5.41) is 9.20. The predicted molar refractivity (Wildman–Crippen MR) is 70.2 cm³/mol. The van der Waals surface area contributed by atoms with Crippen molar-refractivity contribution in [2.45, 2.75) is 30.5 Å². The molecule has 0 atom stereocenters. The fourth-order valence-electron chi connectivity index (χ4n) is 1.61. The van der Waals surface area contributed by atoms with E-state index in [-0.39, 0.29) is 0 Å². The summed E-state index contributed by atoms with van der Waals surface area (Å²) in [5.41, 5.74) is 1.24. The fourth-order valence-corrected chi connectivity index (χ4v) is 2.49. The van der Waals surface area contributed by atoms with E-state index >= 15 is 0 Å².